The van der Waals surface area contributed by atoms with E-state index in [9.17, 15) is 0 Å². The number of benzene rings is 1. The quantitative estimate of drug-likeness (QED) is 0.845. The summed E-state index contributed by atoms with van der Waals surface area (Å²) < 4.78 is 5.76. The summed E-state index contributed by atoms with van der Waals surface area (Å²) in [6.07, 6.45) is 1.04. The van der Waals surface area contributed by atoms with Crippen LogP contribution < -0.4 is 10.5 Å². The highest BCUT2D eigenvalue weighted by molar-refractivity contribution is 7.11. The standard InChI is InChI=1S/C15H20N2OS/c1-10(2)8-15-17-11(3)14(19-15)9-18-13-6-4-12(16)5-7-13/h4-7,10H,8-9,16H2,1-3H3. The van der Waals surface area contributed by atoms with Crippen LogP contribution >= 0.6 is 11.3 Å². The molecule has 2 N–H and O–H groups in total. The maximum absolute atomic E-state index is 5.76. The maximum Gasteiger partial charge on any atom is 0.124 e. The van der Waals surface area contributed by atoms with E-state index in [1.165, 1.54) is 9.88 Å². The Morgan fingerprint density at radius 2 is 1.95 bits per heavy atom. The highest BCUT2D eigenvalue weighted by atomic mass is 32.1. The summed E-state index contributed by atoms with van der Waals surface area (Å²) in [5.41, 5.74) is 7.47. The predicted molar refractivity (Wildman–Crippen MR) is 80.6 cm³/mol. The summed E-state index contributed by atoms with van der Waals surface area (Å²) in [6.45, 7) is 7.04. The van der Waals surface area contributed by atoms with Crippen molar-refractivity contribution in [2.75, 3.05) is 5.73 Å². The zero-order valence-electron chi connectivity index (χ0n) is 11.6. The van der Waals surface area contributed by atoms with Gasteiger partial charge in [0.15, 0.2) is 0 Å². The first-order chi connectivity index (χ1) is 9.04. The van der Waals surface area contributed by atoms with Gasteiger partial charge in [-0.3, -0.25) is 0 Å². The van der Waals surface area contributed by atoms with Crippen molar-refractivity contribution >= 4 is 17.0 Å². The number of aromatic nitrogens is 1. The molecule has 1 aromatic carbocycles. The monoisotopic (exact) mass is 276 g/mol. The Bertz CT molecular complexity index is 532. The molecule has 3 nitrogen and oxygen atoms in total. The molecule has 0 radical (unpaired) electrons. The van der Waals surface area contributed by atoms with Crippen LogP contribution in [0.2, 0.25) is 0 Å². The predicted octanol–water partition coefficient (Wildman–Crippen LogP) is 3.81. The second-order valence-corrected chi connectivity index (χ2v) is 6.24. The van der Waals surface area contributed by atoms with E-state index in [-0.39, 0.29) is 0 Å². The molecular formula is C15H20N2OS. The average molecular weight is 276 g/mol. The number of nitrogen functional groups attached to an aromatic ring is 1. The lowest BCUT2D eigenvalue weighted by Crippen LogP contribution is -1.95. The molecule has 1 aromatic heterocycles. The van der Waals surface area contributed by atoms with Crippen molar-refractivity contribution < 1.29 is 4.74 Å². The first kappa shape index (κ1) is 13.9. The number of thiazole rings is 1. The molecule has 2 rings (SSSR count). The number of hydrogen-bond acceptors (Lipinski definition) is 4. The fourth-order valence-corrected chi connectivity index (χ4v) is 2.97. The number of hydrogen-bond donors (Lipinski definition) is 1. The first-order valence-electron chi connectivity index (χ1n) is 6.48. The molecule has 0 aliphatic heterocycles. The molecule has 102 valence electrons. The van der Waals surface area contributed by atoms with E-state index < -0.39 is 0 Å². The lowest BCUT2D eigenvalue weighted by molar-refractivity contribution is 0.309. The smallest absolute Gasteiger partial charge is 0.124 e. The molecule has 19 heavy (non-hydrogen) atoms. The molecule has 0 bridgehead atoms. The van der Waals surface area contributed by atoms with Gasteiger partial charge in [0.25, 0.3) is 0 Å². The minimum atomic E-state index is 0.575. The van der Waals surface area contributed by atoms with Crippen molar-refractivity contribution in [1.29, 1.82) is 0 Å². The van der Waals surface area contributed by atoms with Gasteiger partial charge in [-0.25, -0.2) is 4.98 Å². The van der Waals surface area contributed by atoms with Crippen LogP contribution in [0, 0.1) is 12.8 Å². The number of ether oxygens (including phenoxy) is 1. The highest BCUT2D eigenvalue weighted by Crippen LogP contribution is 2.23. The fourth-order valence-electron chi connectivity index (χ4n) is 1.77. The molecule has 0 aliphatic rings. The second kappa shape index (κ2) is 6.06. The molecule has 0 unspecified atom stereocenters. The van der Waals surface area contributed by atoms with Gasteiger partial charge in [0.2, 0.25) is 0 Å². The maximum atomic E-state index is 5.76. The minimum Gasteiger partial charge on any atom is -0.488 e. The van der Waals surface area contributed by atoms with Gasteiger partial charge >= 0.3 is 0 Å². The Hall–Kier alpha value is -1.55. The van der Waals surface area contributed by atoms with Gasteiger partial charge in [0, 0.05) is 12.1 Å². The van der Waals surface area contributed by atoms with Crippen LogP contribution in [0.3, 0.4) is 0 Å². The Morgan fingerprint density at radius 3 is 2.58 bits per heavy atom. The number of aryl methyl sites for hydroxylation is 1. The molecule has 0 amide bonds. The lowest BCUT2D eigenvalue weighted by atomic mass is 10.1. The van der Waals surface area contributed by atoms with Crippen LogP contribution in [0.15, 0.2) is 24.3 Å². The number of rotatable bonds is 5. The van der Waals surface area contributed by atoms with E-state index in [1.54, 1.807) is 11.3 Å². The summed E-state index contributed by atoms with van der Waals surface area (Å²) in [6, 6.07) is 7.47. The lowest BCUT2D eigenvalue weighted by Gasteiger charge is -2.05. The fraction of sp³-hybridized carbons (Fsp3) is 0.400. The number of nitrogens with two attached hydrogens (primary N) is 1. The topological polar surface area (TPSA) is 48.1 Å². The van der Waals surface area contributed by atoms with Gasteiger partial charge in [-0.15, -0.1) is 11.3 Å². The second-order valence-electron chi connectivity index (χ2n) is 5.07. The van der Waals surface area contributed by atoms with E-state index in [0.29, 0.717) is 12.5 Å². The van der Waals surface area contributed by atoms with E-state index in [0.717, 1.165) is 23.6 Å². The van der Waals surface area contributed by atoms with Gasteiger partial charge in [0.05, 0.1) is 15.6 Å². The van der Waals surface area contributed by atoms with Crippen LogP contribution in [-0.2, 0) is 13.0 Å². The van der Waals surface area contributed by atoms with Gasteiger partial charge in [-0.05, 0) is 37.1 Å². The molecule has 2 aromatic rings. The third kappa shape index (κ3) is 3.96. The van der Waals surface area contributed by atoms with Crippen LogP contribution in [0.25, 0.3) is 0 Å². The van der Waals surface area contributed by atoms with Crippen LogP contribution in [-0.4, -0.2) is 4.98 Å². The van der Waals surface area contributed by atoms with Crippen LogP contribution in [0.4, 0.5) is 5.69 Å². The Balaban J connectivity index is 1.99. The molecule has 0 spiro atoms. The third-order valence-corrected chi connectivity index (χ3v) is 3.92. The van der Waals surface area contributed by atoms with Crippen molar-refractivity contribution in [2.24, 2.45) is 5.92 Å². The molecule has 0 fully saturated rings. The zero-order valence-corrected chi connectivity index (χ0v) is 12.5. The van der Waals surface area contributed by atoms with Crippen molar-refractivity contribution in [3.63, 3.8) is 0 Å². The molecule has 1 heterocycles. The Morgan fingerprint density at radius 1 is 1.26 bits per heavy atom. The largest absolute Gasteiger partial charge is 0.488 e. The SMILES string of the molecule is Cc1nc(CC(C)C)sc1COc1ccc(N)cc1. The summed E-state index contributed by atoms with van der Waals surface area (Å²) in [5.74, 6) is 1.48. The Labute approximate surface area is 118 Å². The van der Waals surface area contributed by atoms with Crippen molar-refractivity contribution in [1.82, 2.24) is 4.98 Å². The van der Waals surface area contributed by atoms with Gasteiger partial charge < -0.3 is 10.5 Å². The first-order valence-corrected chi connectivity index (χ1v) is 7.29. The summed E-state index contributed by atoms with van der Waals surface area (Å²) in [4.78, 5) is 5.80. The van der Waals surface area contributed by atoms with Crippen LogP contribution in [0.1, 0.15) is 29.4 Å². The molecule has 0 saturated heterocycles. The van der Waals surface area contributed by atoms with Crippen molar-refractivity contribution in [2.45, 2.75) is 33.8 Å². The van der Waals surface area contributed by atoms with E-state index >= 15 is 0 Å². The molecule has 0 atom stereocenters. The number of anilines is 1. The molecule has 0 aliphatic carbocycles. The highest BCUT2D eigenvalue weighted by Gasteiger charge is 2.09. The van der Waals surface area contributed by atoms with Crippen molar-refractivity contribution in [3.8, 4) is 5.75 Å². The molecular weight excluding hydrogens is 256 g/mol. The summed E-state index contributed by atoms with van der Waals surface area (Å²) in [7, 11) is 0. The third-order valence-electron chi connectivity index (χ3n) is 2.77. The van der Waals surface area contributed by atoms with E-state index in [2.05, 4.69) is 18.8 Å². The van der Waals surface area contributed by atoms with Gasteiger partial charge in [0.1, 0.15) is 12.4 Å². The van der Waals surface area contributed by atoms with Crippen molar-refractivity contribution in [3.05, 3.63) is 39.8 Å². The summed E-state index contributed by atoms with van der Waals surface area (Å²) >= 11 is 1.75. The van der Waals surface area contributed by atoms with Gasteiger partial charge in [-0.2, -0.15) is 0 Å². The zero-order chi connectivity index (χ0) is 13.8. The van der Waals surface area contributed by atoms with Gasteiger partial charge in [-0.1, -0.05) is 13.8 Å². The Kier molecular flexibility index (Phi) is 4.43. The molecule has 4 heteroatoms. The van der Waals surface area contributed by atoms with E-state index in [1.807, 2.05) is 31.2 Å². The minimum absolute atomic E-state index is 0.575. The van der Waals surface area contributed by atoms with E-state index in [4.69, 9.17) is 10.5 Å². The number of nitrogens with zero attached hydrogens (tertiary/aromatic N) is 1. The van der Waals surface area contributed by atoms with Crippen LogP contribution in [0.5, 0.6) is 5.75 Å². The summed E-state index contributed by atoms with van der Waals surface area (Å²) in [5, 5.41) is 1.20. The normalized spacial score (nSPS) is 10.9. The molecule has 0 saturated carbocycles. The average Bonchev–Trinajstić information content (AvgIpc) is 2.68.